The molecule has 0 unspecified atom stereocenters. The first-order valence-electron chi connectivity index (χ1n) is 15.5. The largest absolute Gasteiger partial charge is 0.475 e. The third-order valence-corrected chi connectivity index (χ3v) is 10.2. The van der Waals surface area contributed by atoms with Crippen molar-refractivity contribution in [2.45, 2.75) is 55.7 Å². The van der Waals surface area contributed by atoms with Crippen LogP contribution in [0.3, 0.4) is 0 Å². The van der Waals surface area contributed by atoms with Crippen LogP contribution in [0.5, 0.6) is 11.9 Å². The van der Waals surface area contributed by atoms with Crippen molar-refractivity contribution in [2.24, 2.45) is 0 Å². The van der Waals surface area contributed by atoms with Crippen LogP contribution in [0.2, 0.25) is 5.02 Å². The van der Waals surface area contributed by atoms with Crippen LogP contribution in [-0.2, 0) is 4.74 Å². The number of rotatable bonds is 6. The molecule has 5 aliphatic rings. The quantitative estimate of drug-likeness (QED) is 0.206. The molecule has 0 spiro atoms. The normalized spacial score (nSPS) is 26.3. The first kappa shape index (κ1) is 28.9. The van der Waals surface area contributed by atoms with Crippen molar-refractivity contribution in [3.05, 3.63) is 40.2 Å². The van der Waals surface area contributed by atoms with Crippen LogP contribution in [0.4, 0.5) is 15.9 Å². The highest BCUT2D eigenvalue weighted by molar-refractivity contribution is 6.32. The lowest BCUT2D eigenvalue weighted by Crippen LogP contribution is -2.50. The fourth-order valence-electron chi connectivity index (χ4n) is 7.58. The van der Waals surface area contributed by atoms with Crippen LogP contribution in [0.25, 0.3) is 22.2 Å². The number of benzene rings is 1. The van der Waals surface area contributed by atoms with Gasteiger partial charge in [0.2, 0.25) is 5.88 Å². The highest BCUT2D eigenvalue weighted by Crippen LogP contribution is 2.51. The van der Waals surface area contributed by atoms with Gasteiger partial charge in [0.1, 0.15) is 35.6 Å². The van der Waals surface area contributed by atoms with Crippen LogP contribution in [0, 0.1) is 11.2 Å². The Morgan fingerprint density at radius 1 is 1.24 bits per heavy atom. The fourth-order valence-corrected chi connectivity index (χ4v) is 7.95. The Kier molecular flexibility index (Phi) is 6.90. The lowest BCUT2D eigenvalue weighted by atomic mass is 9.91. The summed E-state index contributed by atoms with van der Waals surface area (Å²) in [5, 5.41) is 20.0. The summed E-state index contributed by atoms with van der Waals surface area (Å²) in [7, 11) is 0. The summed E-state index contributed by atoms with van der Waals surface area (Å²) in [5.74, 6) is 0.0698. The zero-order valence-corrected chi connectivity index (χ0v) is 25.6. The van der Waals surface area contributed by atoms with Crippen molar-refractivity contribution in [3.8, 4) is 23.1 Å². The number of aromatic nitrogens is 3. The molecule has 0 radical (unpaired) electrons. The summed E-state index contributed by atoms with van der Waals surface area (Å²) in [6.07, 6.45) is 4.31. The van der Waals surface area contributed by atoms with Crippen molar-refractivity contribution in [2.75, 3.05) is 56.7 Å². The number of aliphatic hydroxyl groups excluding tert-OH is 1. The maximum atomic E-state index is 17.1. The predicted molar refractivity (Wildman–Crippen MR) is 168 cm³/mol. The van der Waals surface area contributed by atoms with Crippen molar-refractivity contribution < 1.29 is 23.7 Å². The van der Waals surface area contributed by atoms with Gasteiger partial charge in [0.25, 0.3) is 0 Å². The molecule has 1 aliphatic carbocycles. The molecule has 3 atom stereocenters. The molecular formula is C32H35ClFN7O4. The number of nitrogen functional groups attached to an aromatic ring is 1. The molecule has 2 aromatic heterocycles. The van der Waals surface area contributed by atoms with Crippen molar-refractivity contribution in [1.29, 1.82) is 5.41 Å². The molecule has 45 heavy (non-hydrogen) atoms. The summed E-state index contributed by atoms with van der Waals surface area (Å²) in [5.41, 5.74) is 8.40. The van der Waals surface area contributed by atoms with E-state index in [1.807, 2.05) is 0 Å². The third kappa shape index (κ3) is 4.56. The van der Waals surface area contributed by atoms with Crippen molar-refractivity contribution in [1.82, 2.24) is 19.9 Å². The van der Waals surface area contributed by atoms with Crippen LogP contribution >= 0.6 is 11.6 Å². The molecule has 0 bridgehead atoms. The van der Waals surface area contributed by atoms with Gasteiger partial charge in [-0.25, -0.2) is 9.37 Å². The number of aliphatic hydroxyl groups is 1. The van der Waals surface area contributed by atoms with E-state index in [1.165, 1.54) is 0 Å². The second-order valence-corrected chi connectivity index (χ2v) is 13.2. The Morgan fingerprint density at radius 3 is 2.89 bits per heavy atom. The third-order valence-electron chi connectivity index (χ3n) is 9.94. The van der Waals surface area contributed by atoms with Crippen LogP contribution < -0.4 is 20.1 Å². The maximum Gasteiger partial charge on any atom is 0.319 e. The molecular weight excluding hydrogens is 601 g/mol. The Bertz CT molecular complexity index is 1750. The number of halogens is 2. The lowest BCUT2D eigenvalue weighted by Gasteiger charge is -2.34. The maximum absolute atomic E-state index is 17.1. The molecule has 8 rings (SSSR count). The molecule has 1 aromatic carbocycles. The van der Waals surface area contributed by atoms with E-state index in [0.29, 0.717) is 66.5 Å². The van der Waals surface area contributed by atoms with Crippen molar-refractivity contribution >= 4 is 40.2 Å². The highest BCUT2D eigenvalue weighted by atomic mass is 35.5. The monoisotopic (exact) mass is 635 g/mol. The average Bonchev–Trinajstić information content (AvgIpc) is 3.80. The minimum Gasteiger partial charge on any atom is -0.475 e. The number of ether oxygens (including phenoxy) is 3. The van der Waals surface area contributed by atoms with E-state index in [9.17, 15) is 5.11 Å². The predicted octanol–water partition coefficient (Wildman–Crippen LogP) is 4.07. The van der Waals surface area contributed by atoms with Gasteiger partial charge in [0.15, 0.2) is 5.82 Å². The molecule has 1 saturated carbocycles. The topological polar surface area (TPSA) is 143 Å². The number of anilines is 2. The standard InChI is InChI=1S/C32H35ClFN7O4/c1-16-10-32(22(42)5-7-40(32)12-16)15-45-31-38-28-25-29(39-31)41-6-2-8-43-13-18(41)14-44-30(25)37-27(26(28)34)24-19(11-35)21(36)9-20(33)23(24)17-3-4-17/h9,11,17-18,22,35,42H,1-8,10,12-15,36H2/t18-,22+,32-/m0/s1. The molecule has 4 N–H and O–H groups in total. The molecule has 13 heteroatoms. The minimum absolute atomic E-state index is 0.00319. The second-order valence-electron chi connectivity index (χ2n) is 12.8. The summed E-state index contributed by atoms with van der Waals surface area (Å²) >= 11 is 6.71. The summed E-state index contributed by atoms with van der Waals surface area (Å²) in [6.45, 7) is 7.60. The van der Waals surface area contributed by atoms with Gasteiger partial charge in [-0.3, -0.25) is 4.90 Å². The lowest BCUT2D eigenvalue weighted by molar-refractivity contribution is 0.0145. The van der Waals surface area contributed by atoms with E-state index < -0.39 is 17.5 Å². The Balaban J connectivity index is 1.32. The van der Waals surface area contributed by atoms with E-state index in [4.69, 9.17) is 46.9 Å². The molecule has 0 amide bonds. The Labute approximate surface area is 264 Å². The van der Waals surface area contributed by atoms with Gasteiger partial charge < -0.3 is 35.4 Å². The molecule has 3 saturated heterocycles. The fraction of sp³-hybridized carbons (Fsp3) is 0.500. The van der Waals surface area contributed by atoms with Gasteiger partial charge >= 0.3 is 6.01 Å². The van der Waals surface area contributed by atoms with Gasteiger partial charge in [-0.15, -0.1) is 0 Å². The Morgan fingerprint density at radius 2 is 2.09 bits per heavy atom. The van der Waals surface area contributed by atoms with E-state index in [0.717, 1.165) is 43.2 Å². The molecule has 4 aliphatic heterocycles. The Hall–Kier alpha value is -3.58. The molecule has 3 aromatic rings. The van der Waals surface area contributed by atoms with Gasteiger partial charge in [0, 0.05) is 54.3 Å². The van der Waals surface area contributed by atoms with Crippen LogP contribution in [0.15, 0.2) is 18.2 Å². The zero-order valence-electron chi connectivity index (χ0n) is 24.8. The van der Waals surface area contributed by atoms with Gasteiger partial charge in [-0.05, 0) is 49.7 Å². The highest BCUT2D eigenvalue weighted by Gasteiger charge is 2.53. The smallest absolute Gasteiger partial charge is 0.319 e. The average molecular weight is 636 g/mol. The van der Waals surface area contributed by atoms with Crippen LogP contribution in [-0.4, -0.2) is 94.9 Å². The first-order chi connectivity index (χ1) is 21.8. The minimum atomic E-state index is -0.697. The molecule has 236 valence electrons. The van der Waals surface area contributed by atoms with Gasteiger partial charge in [0.05, 0.1) is 24.3 Å². The summed E-state index contributed by atoms with van der Waals surface area (Å²) in [6, 6.07) is 1.43. The summed E-state index contributed by atoms with van der Waals surface area (Å²) < 4.78 is 35.5. The van der Waals surface area contributed by atoms with E-state index in [2.05, 4.69) is 21.4 Å². The first-order valence-corrected chi connectivity index (χ1v) is 15.9. The number of nitrogens with two attached hydrogens (primary N) is 1. The number of nitrogens with zero attached hydrogens (tertiary/aromatic N) is 5. The molecule has 11 nitrogen and oxygen atoms in total. The number of pyridine rings is 1. The molecule has 4 fully saturated rings. The van der Waals surface area contributed by atoms with Crippen LogP contribution in [0.1, 0.15) is 49.1 Å². The molecule has 6 heterocycles. The second kappa shape index (κ2) is 10.8. The van der Waals surface area contributed by atoms with Gasteiger partial charge in [-0.2, -0.15) is 9.97 Å². The van der Waals surface area contributed by atoms with E-state index in [1.54, 1.807) is 6.07 Å². The SMILES string of the molecule is C=C1CN2CC[C@@H](O)[C@@]2(COc2nc3c4c(nc(-c5c(C=N)c(N)cc(Cl)c5C5CC5)c(F)c4n2)OC[C@@H]2COCCCN32)C1. The number of hydrogen-bond donors (Lipinski definition) is 3. The number of fused-ring (bicyclic) bond motifs is 3. The van der Waals surface area contributed by atoms with Gasteiger partial charge in [-0.1, -0.05) is 23.8 Å². The van der Waals surface area contributed by atoms with Crippen molar-refractivity contribution in [3.63, 3.8) is 0 Å². The summed E-state index contributed by atoms with van der Waals surface area (Å²) in [4.78, 5) is 18.5. The van der Waals surface area contributed by atoms with E-state index in [-0.39, 0.29) is 54.0 Å². The van der Waals surface area contributed by atoms with E-state index >= 15 is 4.39 Å². The number of hydrogen-bond acceptors (Lipinski definition) is 11. The zero-order chi connectivity index (χ0) is 31.0. The number of nitrogens with one attached hydrogen (secondary N) is 1.